The van der Waals surface area contributed by atoms with E-state index in [9.17, 15) is 40.6 Å². The lowest BCUT2D eigenvalue weighted by Crippen LogP contribution is -2.57. The molecule has 4 unspecified atom stereocenters. The highest BCUT2D eigenvalue weighted by atomic mass is 19.4. The Hall–Kier alpha value is -2.00. The van der Waals surface area contributed by atoms with E-state index in [1.165, 1.54) is 62.5 Å². The number of hydrogen-bond acceptors (Lipinski definition) is 2. The number of carbonyl (C=O) groups excluding carboxylic acids is 1. The first kappa shape index (κ1) is 35.3. The van der Waals surface area contributed by atoms with Crippen molar-refractivity contribution >= 4 is 5.91 Å². The highest BCUT2D eigenvalue weighted by molar-refractivity contribution is 5.75. The van der Waals surface area contributed by atoms with E-state index in [1.807, 2.05) is 12.1 Å². The van der Waals surface area contributed by atoms with Crippen LogP contribution in [0.3, 0.4) is 0 Å². The van der Waals surface area contributed by atoms with Gasteiger partial charge in [-0.05, 0) is 116 Å². The molecule has 3 saturated carbocycles. The van der Waals surface area contributed by atoms with Crippen molar-refractivity contribution < 1.29 is 40.6 Å². The second-order valence-electron chi connectivity index (χ2n) is 15.3. The summed E-state index contributed by atoms with van der Waals surface area (Å²) in [5, 5.41) is 10.2. The molecule has 1 N–H and O–H groups in total. The number of fused-ring (bicyclic) bond motifs is 6. The highest BCUT2D eigenvalue weighted by Crippen LogP contribution is 2.76. The molecule has 0 saturated heterocycles. The summed E-state index contributed by atoms with van der Waals surface area (Å²) in [6, 6.07) is 6.05. The van der Waals surface area contributed by atoms with Gasteiger partial charge >= 0.3 is 18.0 Å². The summed E-state index contributed by atoms with van der Waals surface area (Å²) in [5.74, 6) is -9.36. The molecule has 0 aromatic heterocycles. The van der Waals surface area contributed by atoms with E-state index in [4.69, 9.17) is 0 Å². The molecule has 5 atom stereocenters. The Morgan fingerprint density at radius 3 is 2.15 bits per heavy atom. The van der Waals surface area contributed by atoms with Gasteiger partial charge in [-0.2, -0.15) is 30.7 Å². The molecule has 0 heterocycles. The van der Waals surface area contributed by atoms with Crippen molar-refractivity contribution in [3.05, 3.63) is 29.3 Å². The topological polar surface area (TPSA) is 40.5 Å². The van der Waals surface area contributed by atoms with E-state index in [0.717, 1.165) is 57.4 Å². The van der Waals surface area contributed by atoms with E-state index in [0.29, 0.717) is 41.3 Å². The number of phenols is 1. The van der Waals surface area contributed by atoms with Crippen molar-refractivity contribution in [3.63, 3.8) is 0 Å². The number of halogens is 7. The molecule has 10 heteroatoms. The smallest absolute Gasteiger partial charge is 0.459 e. The van der Waals surface area contributed by atoms with E-state index in [1.54, 1.807) is 0 Å². The zero-order chi connectivity index (χ0) is 33.5. The van der Waals surface area contributed by atoms with Crippen molar-refractivity contribution in [1.82, 2.24) is 4.90 Å². The van der Waals surface area contributed by atoms with Crippen LogP contribution in [0, 0.1) is 28.6 Å². The zero-order valence-corrected chi connectivity index (χ0v) is 27.2. The molecular formula is C36H50F7NO2. The van der Waals surface area contributed by atoms with Crippen LogP contribution in [-0.4, -0.2) is 47.5 Å². The molecule has 1 amide bonds. The predicted octanol–water partition coefficient (Wildman–Crippen LogP) is 10.4. The Kier molecular flexibility index (Phi) is 10.1. The van der Waals surface area contributed by atoms with Gasteiger partial charge < -0.3 is 10.0 Å². The van der Waals surface area contributed by atoms with Crippen LogP contribution in [0.1, 0.15) is 127 Å². The minimum Gasteiger partial charge on any atom is -0.508 e. The van der Waals surface area contributed by atoms with Crippen LogP contribution in [0.4, 0.5) is 30.7 Å². The third-order valence-corrected chi connectivity index (χ3v) is 12.7. The maximum Gasteiger partial charge on any atom is 0.459 e. The number of carbonyl (C=O) groups is 1. The number of aromatic hydroxyl groups is 1. The van der Waals surface area contributed by atoms with E-state index >= 15 is 0 Å². The molecule has 5 rings (SSSR count). The fourth-order valence-corrected chi connectivity index (χ4v) is 9.89. The minimum absolute atomic E-state index is 0.171. The minimum atomic E-state index is -6.40. The molecule has 4 aliphatic carbocycles. The lowest BCUT2D eigenvalue weighted by molar-refractivity contribution is -0.355. The van der Waals surface area contributed by atoms with Gasteiger partial charge in [0.15, 0.2) is 0 Å². The number of rotatable bonds is 14. The van der Waals surface area contributed by atoms with Crippen molar-refractivity contribution in [3.8, 4) is 5.75 Å². The maximum absolute atomic E-state index is 13.6. The van der Waals surface area contributed by atoms with Crippen LogP contribution in [0.25, 0.3) is 0 Å². The van der Waals surface area contributed by atoms with Gasteiger partial charge in [0.1, 0.15) is 5.75 Å². The maximum atomic E-state index is 13.6. The average Bonchev–Trinajstić information content (AvgIpc) is 3.71. The molecule has 0 bridgehead atoms. The van der Waals surface area contributed by atoms with Gasteiger partial charge in [0.2, 0.25) is 5.91 Å². The Morgan fingerprint density at radius 1 is 0.891 bits per heavy atom. The van der Waals surface area contributed by atoms with Crippen molar-refractivity contribution in [2.75, 3.05) is 13.6 Å². The van der Waals surface area contributed by atoms with Gasteiger partial charge in [0.25, 0.3) is 0 Å². The largest absolute Gasteiger partial charge is 0.508 e. The number of alkyl halides is 7. The number of phenolic OH excluding ortho intramolecular Hbond substituents is 1. The number of nitrogens with zero attached hydrogens (tertiary/aromatic N) is 1. The summed E-state index contributed by atoms with van der Waals surface area (Å²) < 4.78 is 90.5. The van der Waals surface area contributed by atoms with E-state index in [2.05, 4.69) is 13.0 Å². The van der Waals surface area contributed by atoms with Crippen molar-refractivity contribution in [2.45, 2.75) is 140 Å². The number of amides is 1. The standard InChI is InChI=1S/C36H50F7NO2/c1-32-17-15-28-27-14-13-26(45)22-25(27)21-24(31(28)29(32)16-18-33(32)19-20-33)11-9-7-5-3-4-6-8-10-12-30(46)44(2)23-34(37,38)35(39,40)36(41,42)43/h13-14,22,24,28-29,31,45H,3-12,15-21,23H2,1-2H3/t24?,28?,29?,31?,32-/m0/s1. The summed E-state index contributed by atoms with van der Waals surface area (Å²) >= 11 is 0. The van der Waals surface area contributed by atoms with Gasteiger partial charge in [0, 0.05) is 13.5 Å². The molecule has 0 radical (unpaired) electrons. The summed E-state index contributed by atoms with van der Waals surface area (Å²) in [6.45, 7) is 0.611. The van der Waals surface area contributed by atoms with Crippen LogP contribution in [0.15, 0.2) is 18.2 Å². The SMILES string of the molecule is CN(CC(F)(F)C(F)(F)C(F)(F)F)C(=O)CCCCCCCCCCC1Cc2cc(O)ccc2C2CC[C@@]3(C)C(CCC34CC4)C12. The molecule has 0 aliphatic heterocycles. The Morgan fingerprint density at radius 2 is 1.52 bits per heavy atom. The van der Waals surface area contributed by atoms with Crippen molar-refractivity contribution in [1.29, 1.82) is 0 Å². The van der Waals surface area contributed by atoms with Crippen LogP contribution < -0.4 is 0 Å². The van der Waals surface area contributed by atoms with E-state index in [-0.39, 0.29) is 11.3 Å². The predicted molar refractivity (Wildman–Crippen MR) is 163 cm³/mol. The Bertz CT molecular complexity index is 1230. The molecule has 1 aromatic carbocycles. The summed E-state index contributed by atoms with van der Waals surface area (Å²) in [7, 11) is 0.822. The highest BCUT2D eigenvalue weighted by Gasteiger charge is 2.73. The quantitative estimate of drug-likeness (QED) is 0.159. The first-order valence-corrected chi connectivity index (χ1v) is 17.4. The fourth-order valence-electron chi connectivity index (χ4n) is 9.89. The van der Waals surface area contributed by atoms with Gasteiger partial charge in [-0.1, -0.05) is 57.9 Å². The molecule has 46 heavy (non-hydrogen) atoms. The Labute approximate surface area is 268 Å². The zero-order valence-electron chi connectivity index (χ0n) is 27.2. The second-order valence-corrected chi connectivity index (χ2v) is 15.3. The van der Waals surface area contributed by atoms with Crippen molar-refractivity contribution in [2.24, 2.45) is 28.6 Å². The number of benzene rings is 1. The third kappa shape index (κ3) is 6.65. The van der Waals surface area contributed by atoms with Gasteiger partial charge in [-0.15, -0.1) is 0 Å². The van der Waals surface area contributed by atoms with Gasteiger partial charge in [0.05, 0.1) is 6.54 Å². The monoisotopic (exact) mass is 661 g/mol. The molecule has 3 fully saturated rings. The normalized spacial score (nSPS) is 28.5. The molecule has 1 spiro atoms. The molecule has 3 nitrogen and oxygen atoms in total. The van der Waals surface area contributed by atoms with Crippen LogP contribution in [0.5, 0.6) is 5.75 Å². The molecular weight excluding hydrogens is 611 g/mol. The number of unbranched alkanes of at least 4 members (excludes halogenated alkanes) is 7. The first-order chi connectivity index (χ1) is 21.5. The molecule has 260 valence electrons. The fraction of sp³-hybridized carbons (Fsp3) is 0.806. The first-order valence-electron chi connectivity index (χ1n) is 17.4. The van der Waals surface area contributed by atoms with Crippen LogP contribution in [-0.2, 0) is 11.2 Å². The summed E-state index contributed by atoms with van der Waals surface area (Å²) in [5.41, 5.74) is 3.90. The Balaban J connectivity index is 1.01. The average molecular weight is 662 g/mol. The molecule has 1 aromatic rings. The van der Waals surface area contributed by atoms with Gasteiger partial charge in [-0.25, -0.2) is 0 Å². The van der Waals surface area contributed by atoms with Crippen LogP contribution >= 0.6 is 0 Å². The lowest BCUT2D eigenvalue weighted by Gasteiger charge is -2.54. The third-order valence-electron chi connectivity index (χ3n) is 12.7. The second kappa shape index (κ2) is 13.1. The number of hydrogen-bond donors (Lipinski definition) is 1. The van der Waals surface area contributed by atoms with E-state index < -0.39 is 30.5 Å². The molecule has 4 aliphatic rings. The lowest BCUT2D eigenvalue weighted by atomic mass is 9.50. The van der Waals surface area contributed by atoms with Gasteiger partial charge in [-0.3, -0.25) is 4.79 Å². The van der Waals surface area contributed by atoms with Crippen LogP contribution in [0.2, 0.25) is 0 Å². The summed E-state index contributed by atoms with van der Waals surface area (Å²) in [6.07, 6.45) is 11.2. The summed E-state index contributed by atoms with van der Waals surface area (Å²) in [4.78, 5) is 12.3.